The average Bonchev–Trinajstić information content (AvgIpc) is 2.67. The Balaban J connectivity index is 2.01. The van der Waals surface area contributed by atoms with Crippen molar-refractivity contribution in [3.63, 3.8) is 0 Å². The number of hydrogen-bond donors (Lipinski definition) is 2. The van der Waals surface area contributed by atoms with Crippen molar-refractivity contribution in [2.24, 2.45) is 5.10 Å². The van der Waals surface area contributed by atoms with Gasteiger partial charge in [0.1, 0.15) is 0 Å². The van der Waals surface area contributed by atoms with Crippen molar-refractivity contribution in [1.29, 1.82) is 0 Å². The summed E-state index contributed by atoms with van der Waals surface area (Å²) < 4.78 is 11.9. The molecule has 9 nitrogen and oxygen atoms in total. The number of benzene rings is 2. The number of fused-ring (bicyclic) bond motifs is 1. The highest BCUT2D eigenvalue weighted by atomic mass is 79.9. The first kappa shape index (κ1) is 20.3. The lowest BCUT2D eigenvalue weighted by Crippen LogP contribution is -2.32. The molecule has 0 bridgehead atoms. The van der Waals surface area contributed by atoms with Gasteiger partial charge in [-0.3, -0.25) is 4.79 Å². The fraction of sp³-hybridized carbons (Fsp3) is 0.158. The molecule has 0 amide bonds. The number of carboxylic acids is 1. The van der Waals surface area contributed by atoms with Crippen LogP contribution < -0.4 is 20.7 Å². The van der Waals surface area contributed by atoms with Crippen LogP contribution in [0.3, 0.4) is 0 Å². The topological polar surface area (TPSA) is 123 Å². The molecule has 0 aliphatic heterocycles. The van der Waals surface area contributed by atoms with Crippen molar-refractivity contribution in [3.05, 3.63) is 67.3 Å². The lowest BCUT2D eigenvalue weighted by Gasteiger charge is -2.13. The largest absolute Gasteiger partial charge is 0.490 e. The Kier molecular flexibility index (Phi) is 6.13. The van der Waals surface area contributed by atoms with Crippen LogP contribution in [-0.4, -0.2) is 40.2 Å². The average molecular weight is 462 g/mol. The molecule has 1 heterocycles. The minimum Gasteiger partial charge on any atom is -0.490 e. The molecule has 0 aliphatic rings. The molecule has 0 saturated heterocycles. The summed E-state index contributed by atoms with van der Waals surface area (Å²) in [6.07, 6.45) is 1.32. The molecular weight excluding hydrogens is 446 g/mol. The Morgan fingerprint density at radius 1 is 1.28 bits per heavy atom. The summed E-state index contributed by atoms with van der Waals surface area (Å²) in [5.41, 5.74) is -0.292. The maximum absolute atomic E-state index is 12.5. The quantitative estimate of drug-likeness (QED) is 0.519. The first-order valence-electron chi connectivity index (χ1n) is 8.50. The first-order chi connectivity index (χ1) is 13.9. The van der Waals surface area contributed by atoms with Crippen LogP contribution >= 0.6 is 15.9 Å². The summed E-state index contributed by atoms with van der Waals surface area (Å²) in [6, 6.07) is 9.80. The van der Waals surface area contributed by atoms with E-state index in [2.05, 4.69) is 26.0 Å². The van der Waals surface area contributed by atoms with Gasteiger partial charge in [0.05, 0.1) is 28.2 Å². The van der Waals surface area contributed by atoms with Crippen molar-refractivity contribution in [2.45, 2.75) is 6.92 Å². The molecule has 0 spiro atoms. The number of carboxylic acid groups (broad SMARTS) is 1. The number of aliphatic carboxylic acids is 1. The van der Waals surface area contributed by atoms with Gasteiger partial charge in [0, 0.05) is 0 Å². The second-order valence-electron chi connectivity index (χ2n) is 5.78. The summed E-state index contributed by atoms with van der Waals surface area (Å²) >= 11 is 3.31. The van der Waals surface area contributed by atoms with Gasteiger partial charge in [-0.1, -0.05) is 12.1 Å². The molecule has 3 rings (SSSR count). The van der Waals surface area contributed by atoms with Crippen LogP contribution in [0.25, 0.3) is 10.9 Å². The molecule has 10 heteroatoms. The number of aromatic amines is 1. The van der Waals surface area contributed by atoms with Gasteiger partial charge in [0.25, 0.3) is 5.56 Å². The van der Waals surface area contributed by atoms with E-state index in [1.54, 1.807) is 43.3 Å². The zero-order valence-corrected chi connectivity index (χ0v) is 16.8. The highest BCUT2D eigenvalue weighted by Crippen LogP contribution is 2.36. The third-order valence-corrected chi connectivity index (χ3v) is 4.37. The maximum atomic E-state index is 12.5. The minimum absolute atomic E-state index is 0.229. The molecule has 150 valence electrons. The first-order valence-corrected chi connectivity index (χ1v) is 9.29. The molecule has 1 aromatic heterocycles. The number of aromatic nitrogens is 2. The van der Waals surface area contributed by atoms with Crippen molar-refractivity contribution in [3.8, 4) is 11.5 Å². The van der Waals surface area contributed by atoms with E-state index >= 15 is 0 Å². The van der Waals surface area contributed by atoms with E-state index in [4.69, 9.17) is 14.6 Å². The molecule has 0 fully saturated rings. The second-order valence-corrected chi connectivity index (χ2v) is 6.64. The molecule has 0 atom stereocenters. The van der Waals surface area contributed by atoms with Gasteiger partial charge >= 0.3 is 11.7 Å². The van der Waals surface area contributed by atoms with E-state index in [1.165, 1.54) is 6.21 Å². The summed E-state index contributed by atoms with van der Waals surface area (Å²) in [6.45, 7) is 1.55. The molecular formula is C19H16BrN3O6. The Hall–Kier alpha value is -3.40. The third-order valence-electron chi connectivity index (χ3n) is 3.78. The number of rotatable bonds is 7. The van der Waals surface area contributed by atoms with E-state index in [0.29, 0.717) is 33.3 Å². The number of carbonyl (C=O) groups is 1. The Morgan fingerprint density at radius 2 is 2.03 bits per heavy atom. The van der Waals surface area contributed by atoms with Gasteiger partial charge in [0.15, 0.2) is 18.1 Å². The molecule has 0 radical (unpaired) electrons. The standard InChI is InChI=1S/C19H16BrN3O6/c1-2-28-15-8-11(7-13(20)17(15)29-10-16(24)25)9-21-23-18(26)12-5-3-4-6-14(12)22-19(23)27/h3-9H,2,10H2,1H3,(H,22,27)(H,24,25). The molecule has 0 unspecified atom stereocenters. The molecule has 0 aliphatic carbocycles. The summed E-state index contributed by atoms with van der Waals surface area (Å²) in [5.74, 6) is -0.601. The van der Waals surface area contributed by atoms with Gasteiger partial charge < -0.3 is 19.6 Å². The van der Waals surface area contributed by atoms with E-state index in [1.807, 2.05) is 0 Å². The number of ether oxygens (including phenoxy) is 2. The smallest absolute Gasteiger partial charge is 0.349 e. The van der Waals surface area contributed by atoms with Gasteiger partial charge in [0.2, 0.25) is 0 Å². The number of nitrogens with one attached hydrogen (secondary N) is 1. The Morgan fingerprint density at radius 3 is 2.76 bits per heavy atom. The van der Waals surface area contributed by atoms with Crippen molar-refractivity contribution in [1.82, 2.24) is 9.66 Å². The normalized spacial score (nSPS) is 11.1. The lowest BCUT2D eigenvalue weighted by molar-refractivity contribution is -0.139. The molecule has 0 saturated carbocycles. The summed E-state index contributed by atoms with van der Waals surface area (Å²) in [4.78, 5) is 38.1. The fourth-order valence-electron chi connectivity index (χ4n) is 2.58. The van der Waals surface area contributed by atoms with Gasteiger partial charge in [-0.2, -0.15) is 5.10 Å². The van der Waals surface area contributed by atoms with Crippen LogP contribution in [0.15, 0.2) is 55.6 Å². The molecule has 3 aromatic rings. The number of H-pyrrole nitrogens is 1. The van der Waals surface area contributed by atoms with Crippen molar-refractivity contribution < 1.29 is 19.4 Å². The number of para-hydroxylation sites is 1. The van der Waals surface area contributed by atoms with E-state index in [9.17, 15) is 14.4 Å². The van der Waals surface area contributed by atoms with Gasteiger partial charge in [-0.25, -0.2) is 9.59 Å². The van der Waals surface area contributed by atoms with Crippen molar-refractivity contribution >= 4 is 39.0 Å². The molecule has 2 aromatic carbocycles. The molecule has 29 heavy (non-hydrogen) atoms. The van der Waals surface area contributed by atoms with Crippen LogP contribution in [0.1, 0.15) is 12.5 Å². The van der Waals surface area contributed by atoms with Gasteiger partial charge in [-0.05, 0) is 52.7 Å². The monoisotopic (exact) mass is 461 g/mol. The zero-order chi connectivity index (χ0) is 21.0. The number of nitrogens with zero attached hydrogens (tertiary/aromatic N) is 2. The zero-order valence-electron chi connectivity index (χ0n) is 15.2. The second kappa shape index (κ2) is 8.74. The number of hydrogen-bond acceptors (Lipinski definition) is 6. The number of halogens is 1. The van der Waals surface area contributed by atoms with Crippen LogP contribution in [0.2, 0.25) is 0 Å². The van der Waals surface area contributed by atoms with E-state index in [0.717, 1.165) is 4.68 Å². The van der Waals surface area contributed by atoms with Gasteiger partial charge in [-0.15, -0.1) is 4.68 Å². The minimum atomic E-state index is -1.13. The van der Waals surface area contributed by atoms with Crippen LogP contribution in [0.4, 0.5) is 0 Å². The van der Waals surface area contributed by atoms with Crippen molar-refractivity contribution in [2.75, 3.05) is 13.2 Å². The highest BCUT2D eigenvalue weighted by Gasteiger charge is 2.13. The highest BCUT2D eigenvalue weighted by molar-refractivity contribution is 9.10. The Labute approximate surface area is 172 Å². The SMILES string of the molecule is CCOc1cc(C=Nn2c(=O)[nH]c3ccccc3c2=O)cc(Br)c1OCC(=O)O. The lowest BCUT2D eigenvalue weighted by atomic mass is 10.2. The summed E-state index contributed by atoms with van der Waals surface area (Å²) in [5, 5.41) is 13.1. The molecule has 2 N–H and O–H groups in total. The Bertz CT molecular complexity index is 1210. The van der Waals surface area contributed by atoms with E-state index < -0.39 is 23.8 Å². The predicted molar refractivity (Wildman–Crippen MR) is 110 cm³/mol. The van der Waals surface area contributed by atoms with Crippen LogP contribution in [0.5, 0.6) is 11.5 Å². The predicted octanol–water partition coefficient (Wildman–Crippen LogP) is 2.20. The van der Waals surface area contributed by atoms with E-state index in [-0.39, 0.29) is 5.75 Å². The van der Waals surface area contributed by atoms with Crippen LogP contribution in [-0.2, 0) is 4.79 Å². The maximum Gasteiger partial charge on any atom is 0.349 e. The third kappa shape index (κ3) is 4.54. The van der Waals surface area contributed by atoms with Crippen LogP contribution in [0, 0.1) is 0 Å². The summed E-state index contributed by atoms with van der Waals surface area (Å²) in [7, 11) is 0. The fourth-order valence-corrected chi connectivity index (χ4v) is 3.16.